The van der Waals surface area contributed by atoms with Crippen molar-refractivity contribution in [2.75, 3.05) is 20.2 Å². The molecule has 1 aromatic heterocycles. The van der Waals surface area contributed by atoms with Gasteiger partial charge in [-0.25, -0.2) is 9.78 Å². The normalized spacial score (nSPS) is 22.4. The fourth-order valence-electron chi connectivity index (χ4n) is 2.54. The Labute approximate surface area is 115 Å². The molecule has 2 unspecified atom stereocenters. The van der Waals surface area contributed by atoms with Crippen LogP contribution < -0.4 is 4.74 Å². The monoisotopic (exact) mass is 280 g/mol. The van der Waals surface area contributed by atoms with E-state index in [1.807, 2.05) is 0 Å². The molecule has 0 aliphatic carbocycles. The van der Waals surface area contributed by atoms with Gasteiger partial charge in [-0.2, -0.15) is 0 Å². The average Bonchev–Trinajstić information content (AvgIpc) is 2.46. The van der Waals surface area contributed by atoms with Gasteiger partial charge in [0.2, 0.25) is 5.88 Å². The van der Waals surface area contributed by atoms with E-state index in [0.717, 1.165) is 10.5 Å². The van der Waals surface area contributed by atoms with Crippen molar-refractivity contribution in [2.24, 2.45) is 5.92 Å². The number of piperidine rings is 1. The molecule has 2 N–H and O–H groups in total. The molecule has 7 nitrogen and oxygen atoms in total. The second kappa shape index (κ2) is 5.77. The number of likely N-dealkylation sites (tertiary alicyclic amines) is 1. The molecular weight excluding hydrogens is 264 g/mol. The van der Waals surface area contributed by atoms with E-state index in [1.54, 1.807) is 18.3 Å². The Morgan fingerprint density at radius 2 is 2.20 bits per heavy atom. The number of amides is 1. The first-order valence-electron chi connectivity index (χ1n) is 6.23. The van der Waals surface area contributed by atoms with Gasteiger partial charge in [0.1, 0.15) is 0 Å². The van der Waals surface area contributed by atoms with Gasteiger partial charge in [-0.15, -0.1) is 0 Å². The molecule has 1 aromatic rings. The van der Waals surface area contributed by atoms with E-state index in [2.05, 4.69) is 4.98 Å². The van der Waals surface area contributed by atoms with Gasteiger partial charge < -0.3 is 19.8 Å². The quantitative estimate of drug-likeness (QED) is 0.864. The molecule has 1 fully saturated rings. The highest BCUT2D eigenvalue weighted by Gasteiger charge is 2.37. The lowest BCUT2D eigenvalue weighted by Gasteiger charge is -2.35. The third-order valence-electron chi connectivity index (χ3n) is 3.60. The summed E-state index contributed by atoms with van der Waals surface area (Å²) in [7, 11) is 1.49. The van der Waals surface area contributed by atoms with E-state index < -0.39 is 18.0 Å². The van der Waals surface area contributed by atoms with E-state index in [4.69, 9.17) is 9.84 Å². The van der Waals surface area contributed by atoms with Gasteiger partial charge in [0.05, 0.1) is 13.0 Å². The van der Waals surface area contributed by atoms with Crippen LogP contribution in [0.3, 0.4) is 0 Å². The lowest BCUT2D eigenvalue weighted by molar-refractivity contribution is -0.144. The smallest absolute Gasteiger partial charge is 0.407 e. The van der Waals surface area contributed by atoms with Crippen molar-refractivity contribution in [3.8, 4) is 5.88 Å². The highest BCUT2D eigenvalue weighted by Crippen LogP contribution is 2.34. The van der Waals surface area contributed by atoms with Crippen LogP contribution in [-0.4, -0.2) is 52.4 Å². The third-order valence-corrected chi connectivity index (χ3v) is 3.60. The Morgan fingerprint density at radius 1 is 1.45 bits per heavy atom. The fraction of sp³-hybridized carbons (Fsp3) is 0.462. The molecule has 1 saturated heterocycles. The predicted molar refractivity (Wildman–Crippen MR) is 68.9 cm³/mol. The van der Waals surface area contributed by atoms with Crippen molar-refractivity contribution < 1.29 is 24.5 Å². The van der Waals surface area contributed by atoms with Crippen LogP contribution in [0.5, 0.6) is 5.88 Å². The van der Waals surface area contributed by atoms with E-state index >= 15 is 0 Å². The number of carbonyl (C=O) groups is 2. The van der Waals surface area contributed by atoms with Gasteiger partial charge in [-0.1, -0.05) is 0 Å². The minimum Gasteiger partial charge on any atom is -0.481 e. The van der Waals surface area contributed by atoms with Gasteiger partial charge >= 0.3 is 12.1 Å². The number of methoxy groups -OCH3 is 1. The number of carboxylic acids is 1. The van der Waals surface area contributed by atoms with Crippen molar-refractivity contribution in [2.45, 2.75) is 12.3 Å². The van der Waals surface area contributed by atoms with Crippen LogP contribution in [0.25, 0.3) is 0 Å². The van der Waals surface area contributed by atoms with Gasteiger partial charge in [0.15, 0.2) is 0 Å². The molecule has 7 heteroatoms. The number of rotatable bonds is 3. The van der Waals surface area contributed by atoms with E-state index in [-0.39, 0.29) is 12.5 Å². The molecule has 2 atom stereocenters. The lowest BCUT2D eigenvalue weighted by atomic mass is 9.81. The van der Waals surface area contributed by atoms with Crippen molar-refractivity contribution in [3.63, 3.8) is 0 Å². The second-order valence-corrected chi connectivity index (χ2v) is 4.70. The largest absolute Gasteiger partial charge is 0.481 e. The number of hydrogen-bond acceptors (Lipinski definition) is 4. The van der Waals surface area contributed by atoms with Gasteiger partial charge in [0, 0.05) is 31.3 Å². The number of carboxylic acid groups (broad SMARTS) is 2. The third kappa shape index (κ3) is 2.81. The van der Waals surface area contributed by atoms with Crippen LogP contribution >= 0.6 is 0 Å². The summed E-state index contributed by atoms with van der Waals surface area (Å²) in [5, 5.41) is 18.3. The SMILES string of the molecule is COc1cc(C2CCN(C(=O)O)CC2C(=O)O)ccn1. The van der Waals surface area contributed by atoms with E-state index in [0.29, 0.717) is 18.8 Å². The standard InChI is InChI=1S/C13H16N2O5/c1-20-11-6-8(2-4-14-11)9-3-5-15(13(18)19)7-10(9)12(16)17/h2,4,6,9-10H,3,5,7H2,1H3,(H,16,17)(H,18,19). The summed E-state index contributed by atoms with van der Waals surface area (Å²) in [4.78, 5) is 27.5. The zero-order valence-electron chi connectivity index (χ0n) is 11.0. The predicted octanol–water partition coefficient (Wildman–Crippen LogP) is 1.26. The number of nitrogens with zero attached hydrogens (tertiary/aromatic N) is 2. The van der Waals surface area contributed by atoms with Crippen molar-refractivity contribution >= 4 is 12.1 Å². The summed E-state index contributed by atoms with van der Waals surface area (Å²) in [5.74, 6) is -1.56. The molecule has 0 radical (unpaired) electrons. The number of aliphatic carboxylic acids is 1. The summed E-state index contributed by atoms with van der Waals surface area (Å²) < 4.78 is 5.04. The zero-order valence-corrected chi connectivity index (χ0v) is 11.0. The fourth-order valence-corrected chi connectivity index (χ4v) is 2.54. The molecule has 1 amide bonds. The first kappa shape index (κ1) is 14.1. The molecule has 20 heavy (non-hydrogen) atoms. The lowest BCUT2D eigenvalue weighted by Crippen LogP contribution is -2.45. The minimum absolute atomic E-state index is 0.0000281. The average molecular weight is 280 g/mol. The summed E-state index contributed by atoms with van der Waals surface area (Å²) in [6.07, 6.45) is 0.953. The van der Waals surface area contributed by atoms with Crippen LogP contribution in [0, 0.1) is 5.92 Å². The number of ether oxygens (including phenoxy) is 1. The van der Waals surface area contributed by atoms with Crippen LogP contribution in [0.2, 0.25) is 0 Å². The summed E-state index contributed by atoms with van der Waals surface area (Å²) in [5.41, 5.74) is 0.814. The Bertz CT molecular complexity index is 519. The van der Waals surface area contributed by atoms with Crippen LogP contribution in [0.1, 0.15) is 17.9 Å². The molecule has 2 heterocycles. The molecular formula is C13H16N2O5. The highest BCUT2D eigenvalue weighted by atomic mass is 16.5. The number of pyridine rings is 1. The Morgan fingerprint density at radius 3 is 2.80 bits per heavy atom. The number of aromatic nitrogens is 1. The Kier molecular flexibility index (Phi) is 4.07. The van der Waals surface area contributed by atoms with Gasteiger partial charge in [0.25, 0.3) is 0 Å². The maximum absolute atomic E-state index is 11.4. The summed E-state index contributed by atoms with van der Waals surface area (Å²) in [6, 6.07) is 3.45. The van der Waals surface area contributed by atoms with E-state index in [9.17, 15) is 14.7 Å². The Hall–Kier alpha value is -2.31. The van der Waals surface area contributed by atoms with Crippen LogP contribution in [0.4, 0.5) is 4.79 Å². The molecule has 1 aliphatic rings. The van der Waals surface area contributed by atoms with Crippen molar-refractivity contribution in [1.82, 2.24) is 9.88 Å². The van der Waals surface area contributed by atoms with Crippen LogP contribution in [-0.2, 0) is 4.79 Å². The molecule has 2 rings (SSSR count). The molecule has 0 bridgehead atoms. The topological polar surface area (TPSA) is 100.0 Å². The molecule has 0 spiro atoms. The van der Waals surface area contributed by atoms with Gasteiger partial charge in [-0.05, 0) is 18.1 Å². The molecule has 0 saturated carbocycles. The summed E-state index contributed by atoms with van der Waals surface area (Å²) in [6.45, 7) is 0.328. The molecule has 0 aromatic carbocycles. The maximum Gasteiger partial charge on any atom is 0.407 e. The number of hydrogen-bond donors (Lipinski definition) is 2. The first-order valence-corrected chi connectivity index (χ1v) is 6.23. The molecule has 1 aliphatic heterocycles. The van der Waals surface area contributed by atoms with Crippen LogP contribution in [0.15, 0.2) is 18.3 Å². The zero-order chi connectivity index (χ0) is 14.7. The van der Waals surface area contributed by atoms with E-state index in [1.165, 1.54) is 7.11 Å². The first-order chi connectivity index (χ1) is 9.52. The summed E-state index contributed by atoms with van der Waals surface area (Å²) >= 11 is 0. The maximum atomic E-state index is 11.4. The minimum atomic E-state index is -1.08. The second-order valence-electron chi connectivity index (χ2n) is 4.70. The molecule has 108 valence electrons. The Balaban J connectivity index is 2.25. The highest BCUT2D eigenvalue weighted by molar-refractivity contribution is 5.74. The van der Waals surface area contributed by atoms with Gasteiger partial charge in [-0.3, -0.25) is 4.79 Å². The van der Waals surface area contributed by atoms with Crippen molar-refractivity contribution in [1.29, 1.82) is 0 Å². The van der Waals surface area contributed by atoms with Crippen molar-refractivity contribution in [3.05, 3.63) is 23.9 Å².